The van der Waals surface area contributed by atoms with E-state index in [0.717, 1.165) is 4.90 Å². The molecule has 2 N–H and O–H groups in total. The Morgan fingerprint density at radius 3 is 3.00 bits per heavy atom. The Morgan fingerprint density at radius 2 is 2.36 bits per heavy atom. The van der Waals surface area contributed by atoms with Gasteiger partial charge in [0.15, 0.2) is 0 Å². The smallest absolute Gasteiger partial charge is 0.330 e. The van der Waals surface area contributed by atoms with E-state index < -0.39 is 0 Å². The van der Waals surface area contributed by atoms with Crippen molar-refractivity contribution in [2.75, 3.05) is 12.8 Å². The average molecular weight is 209 g/mol. The molecule has 0 unspecified atom stereocenters. The minimum Gasteiger partial charge on any atom is -0.466 e. The molecule has 0 spiro atoms. The van der Waals surface area contributed by atoms with E-state index in [0.29, 0.717) is 5.69 Å². The first-order valence-electron chi connectivity index (χ1n) is 3.99. The van der Waals surface area contributed by atoms with Crippen LogP contribution < -0.4 is 5.73 Å². The van der Waals surface area contributed by atoms with Crippen LogP contribution in [0.1, 0.15) is 0 Å². The van der Waals surface area contributed by atoms with Gasteiger partial charge in [0.05, 0.1) is 7.11 Å². The molecule has 0 saturated carbocycles. The first-order valence-corrected chi connectivity index (χ1v) is 4.87. The van der Waals surface area contributed by atoms with Gasteiger partial charge in [-0.2, -0.15) is 0 Å². The van der Waals surface area contributed by atoms with Crippen LogP contribution in [0, 0.1) is 0 Å². The van der Waals surface area contributed by atoms with Crippen molar-refractivity contribution in [2.45, 2.75) is 4.90 Å². The lowest BCUT2D eigenvalue weighted by Crippen LogP contribution is -1.92. The van der Waals surface area contributed by atoms with Gasteiger partial charge in [-0.25, -0.2) is 4.79 Å². The first kappa shape index (κ1) is 10.7. The number of anilines is 1. The van der Waals surface area contributed by atoms with Gasteiger partial charge in [0.1, 0.15) is 0 Å². The number of methoxy groups -OCH3 is 1. The number of nitrogens with two attached hydrogens (primary N) is 1. The summed E-state index contributed by atoms with van der Waals surface area (Å²) >= 11 is 1.42. The van der Waals surface area contributed by atoms with Gasteiger partial charge in [-0.05, 0) is 23.6 Å². The van der Waals surface area contributed by atoms with Gasteiger partial charge >= 0.3 is 5.97 Å². The fourth-order valence-corrected chi connectivity index (χ4v) is 1.52. The molecule has 1 rings (SSSR count). The van der Waals surface area contributed by atoms with Crippen LogP contribution in [0.25, 0.3) is 0 Å². The lowest BCUT2D eigenvalue weighted by atomic mass is 10.3. The number of nitrogen functional groups attached to an aromatic ring is 1. The molecule has 0 saturated heterocycles. The molecular formula is C10H11NO2S. The van der Waals surface area contributed by atoms with Crippen LogP contribution in [-0.4, -0.2) is 13.1 Å². The molecule has 14 heavy (non-hydrogen) atoms. The molecule has 4 heteroatoms. The zero-order valence-corrected chi connectivity index (χ0v) is 8.58. The van der Waals surface area contributed by atoms with Crippen molar-refractivity contribution in [2.24, 2.45) is 0 Å². The van der Waals surface area contributed by atoms with Crippen molar-refractivity contribution < 1.29 is 9.53 Å². The van der Waals surface area contributed by atoms with Crippen LogP contribution in [0.5, 0.6) is 0 Å². The molecule has 0 aromatic heterocycles. The maximum Gasteiger partial charge on any atom is 0.330 e. The average Bonchev–Trinajstić information content (AvgIpc) is 2.17. The quantitative estimate of drug-likeness (QED) is 0.358. The van der Waals surface area contributed by atoms with E-state index in [2.05, 4.69) is 4.74 Å². The lowest BCUT2D eigenvalue weighted by molar-refractivity contribution is -0.134. The van der Waals surface area contributed by atoms with Crippen LogP contribution in [0.4, 0.5) is 5.69 Å². The van der Waals surface area contributed by atoms with Gasteiger partial charge in [0.25, 0.3) is 0 Å². The second kappa shape index (κ2) is 5.34. The van der Waals surface area contributed by atoms with Gasteiger partial charge in [-0.15, -0.1) is 0 Å². The third kappa shape index (κ3) is 3.53. The number of esters is 1. The van der Waals surface area contributed by atoms with Crippen LogP contribution in [0.15, 0.2) is 40.6 Å². The summed E-state index contributed by atoms with van der Waals surface area (Å²) in [6, 6.07) is 7.44. The molecule has 74 valence electrons. The molecule has 0 heterocycles. The second-order valence-electron chi connectivity index (χ2n) is 2.52. The first-order chi connectivity index (χ1) is 6.72. The van der Waals surface area contributed by atoms with Crippen molar-refractivity contribution >= 4 is 23.4 Å². The maximum absolute atomic E-state index is 10.7. The minimum absolute atomic E-state index is 0.360. The zero-order valence-electron chi connectivity index (χ0n) is 7.77. The van der Waals surface area contributed by atoms with E-state index in [1.165, 1.54) is 24.9 Å². The summed E-state index contributed by atoms with van der Waals surface area (Å²) in [7, 11) is 1.35. The minimum atomic E-state index is -0.360. The number of hydrogen-bond acceptors (Lipinski definition) is 4. The van der Waals surface area contributed by atoms with Gasteiger partial charge in [-0.3, -0.25) is 0 Å². The van der Waals surface area contributed by atoms with Gasteiger partial charge in [-0.1, -0.05) is 17.8 Å². The molecule has 1 aromatic carbocycles. The highest BCUT2D eigenvalue weighted by atomic mass is 32.2. The normalized spacial score (nSPS) is 10.4. The van der Waals surface area contributed by atoms with Crippen molar-refractivity contribution in [1.82, 2.24) is 0 Å². The van der Waals surface area contributed by atoms with E-state index in [1.54, 1.807) is 5.41 Å². The van der Waals surface area contributed by atoms with Crippen LogP contribution >= 0.6 is 11.8 Å². The molecule has 0 atom stereocenters. The zero-order chi connectivity index (χ0) is 10.4. The number of carbonyl (C=O) groups excluding carboxylic acids is 1. The number of rotatable bonds is 3. The summed E-state index contributed by atoms with van der Waals surface area (Å²) in [5.41, 5.74) is 6.30. The molecule has 0 aliphatic rings. The van der Waals surface area contributed by atoms with Crippen molar-refractivity contribution in [3.05, 3.63) is 35.7 Å². The third-order valence-electron chi connectivity index (χ3n) is 1.47. The molecule has 0 bridgehead atoms. The van der Waals surface area contributed by atoms with Gasteiger partial charge in [0.2, 0.25) is 0 Å². The van der Waals surface area contributed by atoms with Crippen molar-refractivity contribution in [3.63, 3.8) is 0 Å². The largest absolute Gasteiger partial charge is 0.466 e. The molecular weight excluding hydrogens is 198 g/mol. The second-order valence-corrected chi connectivity index (χ2v) is 3.50. The molecule has 1 aromatic rings. The highest BCUT2D eigenvalue weighted by Crippen LogP contribution is 2.20. The molecule has 0 radical (unpaired) electrons. The topological polar surface area (TPSA) is 52.3 Å². The van der Waals surface area contributed by atoms with Crippen molar-refractivity contribution in [3.8, 4) is 0 Å². The molecule has 0 amide bonds. The van der Waals surface area contributed by atoms with E-state index >= 15 is 0 Å². The van der Waals surface area contributed by atoms with Crippen LogP contribution in [0.3, 0.4) is 0 Å². The highest BCUT2D eigenvalue weighted by Gasteiger charge is 1.93. The summed E-state index contributed by atoms with van der Waals surface area (Å²) in [4.78, 5) is 11.7. The number of hydrogen-bond donors (Lipinski definition) is 1. The molecule has 3 nitrogen and oxygen atoms in total. The predicted octanol–water partition coefficient (Wildman–Crippen LogP) is 2.05. The third-order valence-corrected chi connectivity index (χ3v) is 2.27. The highest BCUT2D eigenvalue weighted by molar-refractivity contribution is 8.02. The maximum atomic E-state index is 10.7. The summed E-state index contributed by atoms with van der Waals surface area (Å²) in [5.74, 6) is -0.360. The van der Waals surface area contributed by atoms with Crippen LogP contribution in [0.2, 0.25) is 0 Å². The Morgan fingerprint density at radius 1 is 1.57 bits per heavy atom. The van der Waals surface area contributed by atoms with E-state index in [9.17, 15) is 4.79 Å². The summed E-state index contributed by atoms with van der Waals surface area (Å²) in [5, 5.41) is 1.67. The fraction of sp³-hybridized carbons (Fsp3) is 0.100. The van der Waals surface area contributed by atoms with Crippen molar-refractivity contribution in [1.29, 1.82) is 0 Å². The number of ether oxygens (including phenoxy) is 1. The Kier molecular flexibility index (Phi) is 4.07. The lowest BCUT2D eigenvalue weighted by Gasteiger charge is -1.96. The van der Waals surface area contributed by atoms with Gasteiger partial charge < -0.3 is 10.5 Å². The van der Waals surface area contributed by atoms with E-state index in [1.807, 2.05) is 24.3 Å². The van der Waals surface area contributed by atoms with E-state index in [4.69, 9.17) is 5.73 Å². The standard InChI is InChI=1S/C10H11NO2S/c1-13-10(12)5-6-14-9-4-2-3-8(11)7-9/h2-7H,11H2,1H3. The van der Waals surface area contributed by atoms with Gasteiger partial charge in [0, 0.05) is 16.7 Å². The SMILES string of the molecule is COC(=O)C=CSc1cccc(N)c1. The fourth-order valence-electron chi connectivity index (χ4n) is 0.824. The summed E-state index contributed by atoms with van der Waals surface area (Å²) < 4.78 is 4.45. The Bertz CT molecular complexity index is 350. The molecule has 0 aliphatic heterocycles. The predicted molar refractivity (Wildman–Crippen MR) is 57.9 cm³/mol. The molecule has 0 fully saturated rings. The summed E-state index contributed by atoms with van der Waals surface area (Å²) in [6.45, 7) is 0. The molecule has 0 aliphatic carbocycles. The number of benzene rings is 1. The Hall–Kier alpha value is -1.42. The summed E-state index contributed by atoms with van der Waals surface area (Å²) in [6.07, 6.45) is 1.37. The Labute approximate surface area is 86.9 Å². The Balaban J connectivity index is 2.53. The monoisotopic (exact) mass is 209 g/mol. The van der Waals surface area contributed by atoms with Crippen LogP contribution in [-0.2, 0) is 9.53 Å². The number of carbonyl (C=O) groups is 1. The number of thioether (sulfide) groups is 1. The van der Waals surface area contributed by atoms with E-state index in [-0.39, 0.29) is 5.97 Å².